The summed E-state index contributed by atoms with van der Waals surface area (Å²) in [7, 11) is -2.93. The van der Waals surface area contributed by atoms with Gasteiger partial charge >= 0.3 is 0 Å². The molecule has 1 saturated heterocycles. The molecule has 1 unspecified atom stereocenters. The zero-order valence-corrected chi connectivity index (χ0v) is 17.1. The monoisotopic (exact) mass is 394 g/mol. The van der Waals surface area contributed by atoms with E-state index in [1.807, 2.05) is 46.5 Å². The maximum Gasteiger partial charge on any atom is 0.203 e. The van der Waals surface area contributed by atoms with E-state index in [-0.39, 0.29) is 17.5 Å². The lowest BCUT2D eigenvalue weighted by atomic mass is 10.1. The molecule has 0 spiro atoms. The fourth-order valence-electron chi connectivity index (χ4n) is 3.51. The largest absolute Gasteiger partial charge is 0.280 e. The molecule has 2 heterocycles. The summed E-state index contributed by atoms with van der Waals surface area (Å²) in [6.07, 6.45) is 0.681. The van der Waals surface area contributed by atoms with Gasteiger partial charge in [-0.25, -0.2) is 13.1 Å². The molecule has 1 fully saturated rings. The highest BCUT2D eigenvalue weighted by molar-refractivity contribution is 7.91. The standard InChI is InChI=1S/C18H26N4O2S2/c1-14(2)11-20(17-9-10-26(23,24)12-17)13-21-18(25)22(15(3)19-21)16-7-5-4-6-8-16/h4-8,14,17H,9-13H2,1-3H3. The summed E-state index contributed by atoms with van der Waals surface area (Å²) in [4.78, 5) is 2.22. The fraction of sp³-hybridized carbons (Fsp3) is 0.556. The maximum absolute atomic E-state index is 11.9. The van der Waals surface area contributed by atoms with Gasteiger partial charge in [0.2, 0.25) is 4.77 Å². The van der Waals surface area contributed by atoms with E-state index in [1.165, 1.54) is 0 Å². The van der Waals surface area contributed by atoms with E-state index >= 15 is 0 Å². The number of aryl methyl sites for hydroxylation is 1. The Morgan fingerprint density at radius 1 is 1.31 bits per heavy atom. The van der Waals surface area contributed by atoms with E-state index in [4.69, 9.17) is 12.2 Å². The fourth-order valence-corrected chi connectivity index (χ4v) is 5.61. The first kappa shape index (κ1) is 19.3. The molecule has 1 aliphatic rings. The molecule has 8 heteroatoms. The van der Waals surface area contributed by atoms with Crippen molar-refractivity contribution < 1.29 is 8.42 Å². The highest BCUT2D eigenvalue weighted by Gasteiger charge is 2.33. The van der Waals surface area contributed by atoms with Crippen molar-refractivity contribution in [2.45, 2.75) is 39.9 Å². The first-order valence-electron chi connectivity index (χ1n) is 8.93. The van der Waals surface area contributed by atoms with Gasteiger partial charge in [-0.15, -0.1) is 0 Å². The third-order valence-electron chi connectivity index (χ3n) is 4.66. The van der Waals surface area contributed by atoms with Crippen molar-refractivity contribution in [2.75, 3.05) is 18.1 Å². The van der Waals surface area contributed by atoms with Crippen LogP contribution in [0.15, 0.2) is 30.3 Å². The SMILES string of the molecule is Cc1nn(CN(CC(C)C)C2CCS(=O)(=O)C2)c(=S)n1-c1ccccc1. The third-order valence-corrected chi connectivity index (χ3v) is 6.80. The summed E-state index contributed by atoms with van der Waals surface area (Å²) >= 11 is 5.67. The van der Waals surface area contributed by atoms with E-state index in [0.29, 0.717) is 23.8 Å². The topological polar surface area (TPSA) is 60.1 Å². The summed E-state index contributed by atoms with van der Waals surface area (Å²) in [5.41, 5.74) is 0.986. The van der Waals surface area contributed by atoms with Gasteiger partial charge in [0, 0.05) is 18.3 Å². The van der Waals surface area contributed by atoms with Gasteiger partial charge in [0.05, 0.1) is 18.2 Å². The zero-order chi connectivity index (χ0) is 18.9. The van der Waals surface area contributed by atoms with Crippen LogP contribution in [0.3, 0.4) is 0 Å². The predicted octanol–water partition coefficient (Wildman–Crippen LogP) is 2.81. The van der Waals surface area contributed by atoms with Crippen LogP contribution in [0.5, 0.6) is 0 Å². The van der Waals surface area contributed by atoms with Gasteiger partial charge in [-0.05, 0) is 43.6 Å². The van der Waals surface area contributed by atoms with Gasteiger partial charge in [0.15, 0.2) is 9.84 Å². The lowest BCUT2D eigenvalue weighted by Crippen LogP contribution is -2.40. The average Bonchev–Trinajstić information content (AvgIpc) is 3.06. The second-order valence-corrected chi connectivity index (χ2v) is 9.96. The third kappa shape index (κ3) is 4.24. The minimum absolute atomic E-state index is 0.0338. The van der Waals surface area contributed by atoms with Crippen LogP contribution in [-0.4, -0.2) is 51.8 Å². The van der Waals surface area contributed by atoms with Gasteiger partial charge < -0.3 is 0 Å². The molecule has 2 aromatic rings. The highest BCUT2D eigenvalue weighted by atomic mass is 32.2. The summed E-state index contributed by atoms with van der Waals surface area (Å²) in [5, 5.41) is 4.63. The summed E-state index contributed by atoms with van der Waals surface area (Å²) in [6.45, 7) is 7.55. The van der Waals surface area contributed by atoms with E-state index in [9.17, 15) is 8.42 Å². The van der Waals surface area contributed by atoms with Gasteiger partial charge in [-0.2, -0.15) is 5.10 Å². The van der Waals surface area contributed by atoms with Crippen LogP contribution in [0.25, 0.3) is 5.69 Å². The number of nitrogens with zero attached hydrogens (tertiary/aromatic N) is 4. The molecular formula is C18H26N4O2S2. The Kier molecular flexibility index (Phi) is 5.64. The number of hydrogen-bond donors (Lipinski definition) is 0. The molecule has 6 nitrogen and oxygen atoms in total. The number of sulfone groups is 1. The number of rotatable bonds is 6. The van der Waals surface area contributed by atoms with Crippen LogP contribution in [0.2, 0.25) is 0 Å². The Balaban J connectivity index is 1.89. The molecule has 0 saturated carbocycles. The van der Waals surface area contributed by atoms with Crippen LogP contribution < -0.4 is 0 Å². The van der Waals surface area contributed by atoms with Gasteiger partial charge in [0.25, 0.3) is 0 Å². The molecule has 1 atom stereocenters. The highest BCUT2D eigenvalue weighted by Crippen LogP contribution is 2.20. The molecular weight excluding hydrogens is 368 g/mol. The van der Waals surface area contributed by atoms with Crippen molar-refractivity contribution in [3.8, 4) is 5.69 Å². The minimum atomic E-state index is -2.93. The second kappa shape index (κ2) is 7.62. The average molecular weight is 395 g/mol. The van der Waals surface area contributed by atoms with Crippen LogP contribution in [0.4, 0.5) is 0 Å². The quantitative estimate of drug-likeness (QED) is 0.705. The Labute approximate surface area is 160 Å². The van der Waals surface area contributed by atoms with Crippen molar-refractivity contribution in [1.29, 1.82) is 0 Å². The maximum atomic E-state index is 11.9. The van der Waals surface area contributed by atoms with E-state index in [0.717, 1.165) is 18.1 Å². The Morgan fingerprint density at radius 2 is 2.00 bits per heavy atom. The zero-order valence-electron chi connectivity index (χ0n) is 15.5. The Hall–Kier alpha value is -1.51. The molecule has 1 aliphatic heterocycles. The second-order valence-electron chi connectivity index (χ2n) is 7.36. The van der Waals surface area contributed by atoms with Crippen LogP contribution in [0.1, 0.15) is 26.1 Å². The summed E-state index contributed by atoms with van der Waals surface area (Å²) in [6, 6.07) is 9.96. The molecule has 0 N–H and O–H groups in total. The summed E-state index contributed by atoms with van der Waals surface area (Å²) < 4.78 is 28.2. The van der Waals surface area contributed by atoms with Crippen molar-refractivity contribution >= 4 is 22.1 Å². The smallest absolute Gasteiger partial charge is 0.203 e. The predicted molar refractivity (Wildman–Crippen MR) is 106 cm³/mol. The van der Waals surface area contributed by atoms with Crippen molar-refractivity contribution in [3.63, 3.8) is 0 Å². The van der Waals surface area contributed by atoms with Crippen molar-refractivity contribution in [3.05, 3.63) is 40.9 Å². The molecule has 1 aromatic carbocycles. The molecule has 1 aromatic heterocycles. The number of hydrogen-bond acceptors (Lipinski definition) is 5. The van der Waals surface area contributed by atoms with E-state index < -0.39 is 9.84 Å². The van der Waals surface area contributed by atoms with Gasteiger partial charge in [-0.3, -0.25) is 9.47 Å². The summed E-state index contributed by atoms with van der Waals surface area (Å²) in [5.74, 6) is 1.76. The Bertz CT molecular complexity index is 916. The van der Waals surface area contributed by atoms with Gasteiger partial charge in [0.1, 0.15) is 5.82 Å². The molecule has 0 radical (unpaired) electrons. The number of benzene rings is 1. The molecule has 0 amide bonds. The number of para-hydroxylation sites is 1. The molecule has 26 heavy (non-hydrogen) atoms. The van der Waals surface area contributed by atoms with E-state index in [1.54, 1.807) is 0 Å². The van der Waals surface area contributed by atoms with Crippen molar-refractivity contribution in [1.82, 2.24) is 19.2 Å². The molecule has 0 aliphatic carbocycles. The van der Waals surface area contributed by atoms with Crippen LogP contribution in [0, 0.1) is 17.6 Å². The minimum Gasteiger partial charge on any atom is -0.280 e. The molecule has 3 rings (SSSR count). The normalized spacial score (nSPS) is 19.5. The van der Waals surface area contributed by atoms with Crippen LogP contribution in [-0.2, 0) is 16.5 Å². The van der Waals surface area contributed by atoms with Gasteiger partial charge in [-0.1, -0.05) is 32.0 Å². The van der Waals surface area contributed by atoms with Crippen molar-refractivity contribution in [2.24, 2.45) is 5.92 Å². The first-order chi connectivity index (χ1) is 12.3. The lowest BCUT2D eigenvalue weighted by molar-refractivity contribution is 0.137. The first-order valence-corrected chi connectivity index (χ1v) is 11.2. The lowest BCUT2D eigenvalue weighted by Gasteiger charge is -2.29. The Morgan fingerprint density at radius 3 is 2.58 bits per heavy atom. The molecule has 142 valence electrons. The van der Waals surface area contributed by atoms with Crippen LogP contribution >= 0.6 is 12.2 Å². The van der Waals surface area contributed by atoms with E-state index in [2.05, 4.69) is 23.8 Å². The molecule has 0 bridgehead atoms. The number of aromatic nitrogens is 3.